The number of hydrogen-bond donors (Lipinski definition) is 2. The van der Waals surface area contributed by atoms with Gasteiger partial charge in [-0.1, -0.05) is 58.2 Å². The number of hydrogen-bond acceptors (Lipinski definition) is 2. The Morgan fingerprint density at radius 3 is 2.48 bits per heavy atom. The number of anilines is 1. The number of benzene rings is 1. The number of carbonyl (C=O) groups excluding carboxylic acids is 1. The van der Waals surface area contributed by atoms with Gasteiger partial charge in [0.2, 0.25) is 5.91 Å². The molecule has 0 radical (unpaired) electrons. The maximum absolute atomic E-state index is 12.1. The highest BCUT2D eigenvalue weighted by Gasteiger charge is 2.18. The zero-order chi connectivity index (χ0) is 15.3. The normalized spacial score (nSPS) is 16.5. The van der Waals surface area contributed by atoms with E-state index >= 15 is 0 Å². The first-order valence-electron chi connectivity index (χ1n) is 8.09. The van der Waals surface area contributed by atoms with Crippen LogP contribution in [0.15, 0.2) is 24.3 Å². The molecule has 0 spiro atoms. The van der Waals surface area contributed by atoms with E-state index in [0.717, 1.165) is 18.5 Å². The lowest BCUT2D eigenvalue weighted by Crippen LogP contribution is -2.39. The molecule has 1 aliphatic carbocycles. The molecule has 2 rings (SSSR count). The first kappa shape index (κ1) is 15.9. The van der Waals surface area contributed by atoms with Crippen LogP contribution in [0.25, 0.3) is 0 Å². The monoisotopic (exact) mass is 288 g/mol. The van der Waals surface area contributed by atoms with Crippen LogP contribution in [0.4, 0.5) is 5.69 Å². The Morgan fingerprint density at radius 1 is 1.14 bits per heavy atom. The van der Waals surface area contributed by atoms with Gasteiger partial charge in [0.1, 0.15) is 0 Å². The highest BCUT2D eigenvalue weighted by molar-refractivity contribution is 5.81. The number of amides is 1. The molecule has 1 aliphatic rings. The summed E-state index contributed by atoms with van der Waals surface area (Å²) >= 11 is 0. The minimum absolute atomic E-state index is 0.0729. The summed E-state index contributed by atoms with van der Waals surface area (Å²) in [7, 11) is 0. The Balaban J connectivity index is 1.89. The maximum Gasteiger partial charge on any atom is 0.239 e. The number of para-hydroxylation sites is 1. The lowest BCUT2D eigenvalue weighted by atomic mass is 9.86. The molecule has 0 bridgehead atoms. The van der Waals surface area contributed by atoms with E-state index in [9.17, 15) is 4.79 Å². The minimum atomic E-state index is 0.0729. The molecule has 0 saturated heterocycles. The molecule has 0 heterocycles. The van der Waals surface area contributed by atoms with Crippen molar-refractivity contribution in [2.45, 2.75) is 64.3 Å². The van der Waals surface area contributed by atoms with E-state index in [0.29, 0.717) is 12.6 Å². The van der Waals surface area contributed by atoms with Crippen molar-refractivity contribution in [3.05, 3.63) is 29.8 Å². The highest BCUT2D eigenvalue weighted by atomic mass is 16.1. The molecule has 3 nitrogen and oxygen atoms in total. The number of carbonyl (C=O) groups is 1. The molecule has 1 saturated carbocycles. The molecular weight excluding hydrogens is 260 g/mol. The lowest BCUT2D eigenvalue weighted by Gasteiger charge is -2.25. The average Bonchev–Trinajstić information content (AvgIpc) is 2.45. The molecule has 3 heteroatoms. The fourth-order valence-electron chi connectivity index (χ4n) is 2.99. The first-order valence-corrected chi connectivity index (χ1v) is 8.09. The van der Waals surface area contributed by atoms with E-state index in [2.05, 4.69) is 43.5 Å². The van der Waals surface area contributed by atoms with Gasteiger partial charge in [0, 0.05) is 11.7 Å². The Hall–Kier alpha value is -1.51. The van der Waals surface area contributed by atoms with E-state index in [1.807, 2.05) is 12.1 Å². The Morgan fingerprint density at radius 2 is 1.81 bits per heavy atom. The van der Waals surface area contributed by atoms with Gasteiger partial charge in [-0.15, -0.1) is 0 Å². The molecule has 1 fully saturated rings. The predicted octanol–water partition coefficient (Wildman–Crippen LogP) is 3.84. The van der Waals surface area contributed by atoms with Gasteiger partial charge in [-0.25, -0.2) is 0 Å². The van der Waals surface area contributed by atoms with Crippen LogP contribution in [0.5, 0.6) is 0 Å². The summed E-state index contributed by atoms with van der Waals surface area (Å²) in [6.07, 6.45) is 6.05. The third-order valence-corrected chi connectivity index (χ3v) is 4.14. The van der Waals surface area contributed by atoms with Crippen LogP contribution >= 0.6 is 0 Å². The van der Waals surface area contributed by atoms with Gasteiger partial charge in [-0.2, -0.15) is 0 Å². The SMILES string of the molecule is CC(C)(C)c1ccccc1NCC(=O)NC1CCCCC1. The van der Waals surface area contributed by atoms with E-state index < -0.39 is 0 Å². The van der Waals surface area contributed by atoms with Crippen molar-refractivity contribution in [1.82, 2.24) is 5.32 Å². The molecule has 1 aromatic rings. The topological polar surface area (TPSA) is 41.1 Å². The van der Waals surface area contributed by atoms with E-state index in [-0.39, 0.29) is 11.3 Å². The predicted molar refractivity (Wildman–Crippen MR) is 88.6 cm³/mol. The van der Waals surface area contributed by atoms with Gasteiger partial charge in [0.15, 0.2) is 0 Å². The van der Waals surface area contributed by atoms with Gasteiger partial charge < -0.3 is 10.6 Å². The summed E-state index contributed by atoms with van der Waals surface area (Å²) in [5.74, 6) is 0.102. The van der Waals surface area contributed by atoms with Crippen molar-refractivity contribution in [3.8, 4) is 0 Å². The quantitative estimate of drug-likeness (QED) is 0.883. The van der Waals surface area contributed by atoms with Crippen LogP contribution in [-0.4, -0.2) is 18.5 Å². The van der Waals surface area contributed by atoms with Crippen molar-refractivity contribution < 1.29 is 4.79 Å². The van der Waals surface area contributed by atoms with E-state index in [1.165, 1.54) is 24.8 Å². The third-order valence-electron chi connectivity index (χ3n) is 4.14. The van der Waals surface area contributed by atoms with Crippen LogP contribution in [0.2, 0.25) is 0 Å². The second kappa shape index (κ2) is 6.97. The fraction of sp³-hybridized carbons (Fsp3) is 0.611. The summed E-state index contributed by atoms with van der Waals surface area (Å²) < 4.78 is 0. The van der Waals surface area contributed by atoms with Gasteiger partial charge in [-0.3, -0.25) is 4.79 Å². The van der Waals surface area contributed by atoms with Gasteiger partial charge in [-0.05, 0) is 29.9 Å². The van der Waals surface area contributed by atoms with E-state index in [1.54, 1.807) is 0 Å². The smallest absolute Gasteiger partial charge is 0.239 e. The van der Waals surface area contributed by atoms with Crippen molar-refractivity contribution in [2.75, 3.05) is 11.9 Å². The maximum atomic E-state index is 12.1. The molecular formula is C18H28N2O. The molecule has 0 unspecified atom stereocenters. The van der Waals surface area contributed by atoms with Crippen molar-refractivity contribution >= 4 is 11.6 Å². The highest BCUT2D eigenvalue weighted by Crippen LogP contribution is 2.29. The van der Waals surface area contributed by atoms with E-state index in [4.69, 9.17) is 0 Å². The zero-order valence-corrected chi connectivity index (χ0v) is 13.5. The van der Waals surface area contributed by atoms with Crippen molar-refractivity contribution in [2.24, 2.45) is 0 Å². The lowest BCUT2D eigenvalue weighted by molar-refractivity contribution is -0.120. The summed E-state index contributed by atoms with van der Waals surface area (Å²) in [6.45, 7) is 6.92. The largest absolute Gasteiger partial charge is 0.376 e. The van der Waals surface area contributed by atoms with Gasteiger partial charge >= 0.3 is 0 Å². The van der Waals surface area contributed by atoms with Crippen LogP contribution in [-0.2, 0) is 10.2 Å². The van der Waals surface area contributed by atoms with Crippen LogP contribution in [0.1, 0.15) is 58.4 Å². The summed E-state index contributed by atoms with van der Waals surface area (Å²) in [6, 6.07) is 8.62. The Labute approximate surface area is 128 Å². The van der Waals surface area contributed by atoms with Gasteiger partial charge in [0.25, 0.3) is 0 Å². The van der Waals surface area contributed by atoms with Crippen molar-refractivity contribution in [1.29, 1.82) is 0 Å². The molecule has 0 atom stereocenters. The standard InChI is InChI=1S/C18H28N2O/c1-18(2,3)15-11-7-8-12-16(15)19-13-17(21)20-14-9-5-4-6-10-14/h7-8,11-12,14,19H,4-6,9-10,13H2,1-3H3,(H,20,21). The Bertz CT molecular complexity index is 470. The summed E-state index contributed by atoms with van der Waals surface area (Å²) in [5.41, 5.74) is 2.38. The number of rotatable bonds is 4. The van der Waals surface area contributed by atoms with Crippen LogP contribution in [0, 0.1) is 0 Å². The van der Waals surface area contributed by atoms with Crippen LogP contribution in [0.3, 0.4) is 0 Å². The molecule has 0 aliphatic heterocycles. The minimum Gasteiger partial charge on any atom is -0.376 e. The van der Waals surface area contributed by atoms with Crippen LogP contribution < -0.4 is 10.6 Å². The summed E-state index contributed by atoms with van der Waals surface area (Å²) in [5, 5.41) is 6.44. The molecule has 116 valence electrons. The molecule has 0 aromatic heterocycles. The van der Waals surface area contributed by atoms with Gasteiger partial charge in [0.05, 0.1) is 6.54 Å². The second-order valence-electron chi connectivity index (χ2n) is 7.05. The third kappa shape index (κ3) is 4.76. The number of nitrogens with one attached hydrogen (secondary N) is 2. The molecule has 2 N–H and O–H groups in total. The summed E-state index contributed by atoms with van der Waals surface area (Å²) in [4.78, 5) is 12.1. The molecule has 1 aromatic carbocycles. The Kier molecular flexibility index (Phi) is 5.27. The molecule has 21 heavy (non-hydrogen) atoms. The fourth-order valence-corrected chi connectivity index (χ4v) is 2.99. The molecule has 1 amide bonds. The van der Waals surface area contributed by atoms with Crippen molar-refractivity contribution in [3.63, 3.8) is 0 Å². The second-order valence-corrected chi connectivity index (χ2v) is 7.05. The average molecular weight is 288 g/mol. The zero-order valence-electron chi connectivity index (χ0n) is 13.5. The first-order chi connectivity index (χ1) is 9.97.